The number of benzene rings is 2. The van der Waals surface area contributed by atoms with Crippen LogP contribution in [0.5, 0.6) is 11.5 Å². The Labute approximate surface area is 168 Å². The van der Waals surface area contributed by atoms with Crippen LogP contribution in [0.15, 0.2) is 54.6 Å². The lowest BCUT2D eigenvalue weighted by Gasteiger charge is -2.30. The van der Waals surface area contributed by atoms with Crippen molar-refractivity contribution in [3.05, 3.63) is 65.7 Å². The molecule has 1 atom stereocenters. The summed E-state index contributed by atoms with van der Waals surface area (Å²) in [5, 5.41) is 3.03. The Morgan fingerprint density at radius 1 is 1.04 bits per heavy atom. The van der Waals surface area contributed by atoms with Gasteiger partial charge in [-0.05, 0) is 42.4 Å². The third kappa shape index (κ3) is 6.13. The second-order valence-corrected chi connectivity index (χ2v) is 6.37. The van der Waals surface area contributed by atoms with Crippen molar-refractivity contribution in [2.75, 3.05) is 33.9 Å². The van der Waals surface area contributed by atoms with E-state index >= 15 is 0 Å². The third-order valence-corrected chi connectivity index (χ3v) is 4.71. The van der Waals surface area contributed by atoms with Gasteiger partial charge in [-0.3, -0.25) is 9.69 Å². The van der Waals surface area contributed by atoms with E-state index in [1.54, 1.807) is 32.4 Å². The topological polar surface area (TPSA) is 50.8 Å². The molecule has 0 bridgehead atoms. The van der Waals surface area contributed by atoms with Gasteiger partial charge in [0.25, 0.3) is 0 Å². The maximum Gasteiger partial charge on any atom is 0.244 e. The van der Waals surface area contributed by atoms with Crippen LogP contribution >= 0.6 is 0 Å². The molecule has 0 aliphatic rings. The van der Waals surface area contributed by atoms with E-state index in [1.807, 2.05) is 30.3 Å². The van der Waals surface area contributed by atoms with Crippen LogP contribution in [-0.4, -0.2) is 44.7 Å². The predicted octanol–water partition coefficient (Wildman–Crippen LogP) is 3.92. The first-order chi connectivity index (χ1) is 13.6. The molecule has 1 N–H and O–H groups in total. The first-order valence-electron chi connectivity index (χ1n) is 9.59. The number of rotatable bonds is 10. The lowest BCUT2D eigenvalue weighted by Crippen LogP contribution is -2.37. The normalized spacial score (nSPS) is 12.2. The molecule has 28 heavy (non-hydrogen) atoms. The molecule has 150 valence electrons. The molecule has 5 nitrogen and oxygen atoms in total. The molecule has 0 aliphatic carbocycles. The number of hydrogen-bond acceptors (Lipinski definition) is 4. The van der Waals surface area contributed by atoms with Gasteiger partial charge in [0.2, 0.25) is 5.91 Å². The minimum Gasteiger partial charge on any atom is -0.497 e. The van der Waals surface area contributed by atoms with Crippen LogP contribution in [0.3, 0.4) is 0 Å². The average molecular weight is 383 g/mol. The van der Waals surface area contributed by atoms with Crippen LogP contribution in [0, 0.1) is 0 Å². The summed E-state index contributed by atoms with van der Waals surface area (Å²) in [5.74, 6) is 1.24. The molecule has 0 heterocycles. The van der Waals surface area contributed by atoms with Crippen molar-refractivity contribution in [3.63, 3.8) is 0 Å². The zero-order valence-corrected chi connectivity index (χ0v) is 17.1. The first kappa shape index (κ1) is 21.5. The highest BCUT2D eigenvalue weighted by Crippen LogP contribution is 2.23. The number of carbonyl (C=O) groups excluding carboxylic acids is 1. The van der Waals surface area contributed by atoms with Gasteiger partial charge < -0.3 is 14.8 Å². The van der Waals surface area contributed by atoms with E-state index in [2.05, 4.69) is 36.2 Å². The van der Waals surface area contributed by atoms with Crippen molar-refractivity contribution < 1.29 is 14.3 Å². The largest absolute Gasteiger partial charge is 0.497 e. The van der Waals surface area contributed by atoms with Gasteiger partial charge in [0.05, 0.1) is 20.3 Å². The van der Waals surface area contributed by atoms with E-state index in [9.17, 15) is 4.79 Å². The maximum atomic E-state index is 12.4. The molecule has 0 radical (unpaired) electrons. The number of methoxy groups -OCH3 is 2. The number of nitrogens with one attached hydrogen (secondary N) is 1. The molecule has 0 saturated carbocycles. The summed E-state index contributed by atoms with van der Waals surface area (Å²) < 4.78 is 10.5. The van der Waals surface area contributed by atoms with Gasteiger partial charge in [-0.1, -0.05) is 44.2 Å². The highest BCUT2D eigenvalue weighted by atomic mass is 16.5. The zero-order valence-electron chi connectivity index (χ0n) is 17.1. The number of nitrogens with zero attached hydrogens (tertiary/aromatic N) is 1. The predicted molar refractivity (Wildman–Crippen MR) is 114 cm³/mol. The molecule has 2 rings (SSSR count). The molecular weight excluding hydrogens is 352 g/mol. The van der Waals surface area contributed by atoms with Crippen molar-refractivity contribution in [2.45, 2.75) is 19.9 Å². The Bertz CT molecular complexity index is 748. The molecule has 0 fully saturated rings. The lowest BCUT2D eigenvalue weighted by atomic mass is 10.1. The quantitative estimate of drug-likeness (QED) is 0.633. The molecule has 0 spiro atoms. The third-order valence-electron chi connectivity index (χ3n) is 4.71. The fourth-order valence-electron chi connectivity index (χ4n) is 3.15. The van der Waals surface area contributed by atoms with Gasteiger partial charge >= 0.3 is 0 Å². The first-order valence-corrected chi connectivity index (χ1v) is 9.59. The maximum absolute atomic E-state index is 12.4. The Hall–Kier alpha value is -2.79. The second kappa shape index (κ2) is 11.1. The molecule has 0 saturated heterocycles. The smallest absolute Gasteiger partial charge is 0.244 e. The second-order valence-electron chi connectivity index (χ2n) is 6.37. The molecule has 0 aliphatic heterocycles. The van der Waals surface area contributed by atoms with Crippen LogP contribution in [0.4, 0.5) is 0 Å². The molecule has 1 unspecified atom stereocenters. The van der Waals surface area contributed by atoms with Gasteiger partial charge in [-0.25, -0.2) is 0 Å². The van der Waals surface area contributed by atoms with E-state index in [0.29, 0.717) is 18.0 Å². The minimum absolute atomic E-state index is 0.130. The van der Waals surface area contributed by atoms with Crippen molar-refractivity contribution >= 4 is 12.0 Å². The van der Waals surface area contributed by atoms with E-state index < -0.39 is 0 Å². The zero-order chi connectivity index (χ0) is 20.4. The van der Waals surface area contributed by atoms with E-state index in [4.69, 9.17) is 9.47 Å². The van der Waals surface area contributed by atoms with Crippen LogP contribution in [0.2, 0.25) is 0 Å². The minimum atomic E-state index is -0.130. The summed E-state index contributed by atoms with van der Waals surface area (Å²) in [6.45, 7) is 6.67. The van der Waals surface area contributed by atoms with Crippen molar-refractivity contribution in [2.24, 2.45) is 0 Å². The van der Waals surface area contributed by atoms with Gasteiger partial charge in [-0.2, -0.15) is 0 Å². The molecular formula is C23H30N2O3. The number of hydrogen-bond donors (Lipinski definition) is 1. The fraction of sp³-hybridized carbons (Fsp3) is 0.348. The van der Waals surface area contributed by atoms with Gasteiger partial charge in [0.1, 0.15) is 11.5 Å². The van der Waals surface area contributed by atoms with E-state index in [-0.39, 0.29) is 11.9 Å². The average Bonchev–Trinajstić information content (AvgIpc) is 2.75. The summed E-state index contributed by atoms with van der Waals surface area (Å²) in [7, 11) is 3.21. The molecule has 5 heteroatoms. The Morgan fingerprint density at radius 3 is 2.18 bits per heavy atom. The van der Waals surface area contributed by atoms with Gasteiger partial charge in [0, 0.05) is 18.7 Å². The van der Waals surface area contributed by atoms with Crippen LogP contribution in [-0.2, 0) is 4.79 Å². The number of carbonyl (C=O) groups is 1. The van der Waals surface area contributed by atoms with Crippen LogP contribution in [0.25, 0.3) is 6.08 Å². The van der Waals surface area contributed by atoms with Crippen molar-refractivity contribution in [1.29, 1.82) is 0 Å². The lowest BCUT2D eigenvalue weighted by molar-refractivity contribution is -0.116. The number of amides is 1. The number of likely N-dealkylation sites (N-methyl/N-ethyl adjacent to an activating group) is 1. The Morgan fingerprint density at radius 2 is 1.64 bits per heavy atom. The van der Waals surface area contributed by atoms with E-state index in [0.717, 1.165) is 18.7 Å². The summed E-state index contributed by atoms with van der Waals surface area (Å²) in [6, 6.07) is 15.9. The Balaban J connectivity index is 2.05. The molecule has 2 aromatic rings. The Kier molecular flexibility index (Phi) is 8.56. The standard InChI is InChI=1S/C23H30N2O3/c1-5-25(6-2)22(19-10-8-7-9-11-19)17-24-23(26)13-12-18-14-20(27-3)16-21(15-18)28-4/h7-16,22H,5-6,17H2,1-4H3,(H,24,26)/b13-12+. The van der Waals surface area contributed by atoms with E-state index in [1.165, 1.54) is 5.56 Å². The molecule has 1 amide bonds. The van der Waals surface area contributed by atoms with Gasteiger partial charge in [-0.15, -0.1) is 0 Å². The summed E-state index contributed by atoms with van der Waals surface area (Å²) in [4.78, 5) is 14.7. The van der Waals surface area contributed by atoms with Crippen molar-refractivity contribution in [1.82, 2.24) is 10.2 Å². The monoisotopic (exact) mass is 382 g/mol. The van der Waals surface area contributed by atoms with Gasteiger partial charge in [0.15, 0.2) is 0 Å². The van der Waals surface area contributed by atoms with Crippen LogP contribution in [0.1, 0.15) is 31.0 Å². The summed E-state index contributed by atoms with van der Waals surface area (Å²) in [5.41, 5.74) is 2.04. The highest BCUT2D eigenvalue weighted by molar-refractivity contribution is 5.91. The number of ether oxygens (including phenoxy) is 2. The van der Waals surface area contributed by atoms with Crippen LogP contribution < -0.4 is 14.8 Å². The molecule has 2 aromatic carbocycles. The van der Waals surface area contributed by atoms with Crippen molar-refractivity contribution in [3.8, 4) is 11.5 Å². The highest BCUT2D eigenvalue weighted by Gasteiger charge is 2.18. The summed E-state index contributed by atoms with van der Waals surface area (Å²) >= 11 is 0. The SMILES string of the molecule is CCN(CC)C(CNC(=O)/C=C/c1cc(OC)cc(OC)c1)c1ccccc1. The summed E-state index contributed by atoms with van der Waals surface area (Å²) in [6.07, 6.45) is 3.30. The molecule has 0 aromatic heterocycles. The fourth-order valence-corrected chi connectivity index (χ4v) is 3.15.